The van der Waals surface area contributed by atoms with Gasteiger partial charge in [-0.15, -0.1) is 20.4 Å². The maximum absolute atomic E-state index is 4.78. The zero-order valence-electron chi connectivity index (χ0n) is 23.3. The summed E-state index contributed by atoms with van der Waals surface area (Å²) in [5.41, 5.74) is 17.6. The molecule has 0 saturated carbocycles. The number of hydrogen-bond donors (Lipinski definition) is 0. The van der Waals surface area contributed by atoms with Crippen molar-refractivity contribution in [3.63, 3.8) is 0 Å². The number of nitrogens with zero attached hydrogens (tertiary/aromatic N) is 6. The van der Waals surface area contributed by atoms with Crippen LogP contribution < -0.4 is 0 Å². The predicted octanol–water partition coefficient (Wildman–Crippen LogP) is 7.29. The Hall–Kier alpha value is -4.32. The summed E-state index contributed by atoms with van der Waals surface area (Å²) in [6, 6.07) is 17.3. The van der Waals surface area contributed by atoms with E-state index in [0.29, 0.717) is 0 Å². The highest BCUT2D eigenvalue weighted by Crippen LogP contribution is 2.33. The van der Waals surface area contributed by atoms with Gasteiger partial charge in [-0.1, -0.05) is 0 Å². The minimum Gasteiger partial charge on any atom is -0.150 e. The zero-order chi connectivity index (χ0) is 26.9. The van der Waals surface area contributed by atoms with Gasteiger partial charge in [0.25, 0.3) is 0 Å². The van der Waals surface area contributed by atoms with Crippen LogP contribution in [0, 0.1) is 55.4 Å². The monoisotopic (exact) mass is 500 g/mol. The van der Waals surface area contributed by atoms with Gasteiger partial charge in [-0.3, -0.25) is 0 Å². The van der Waals surface area contributed by atoms with Crippen LogP contribution in [0.1, 0.15) is 44.5 Å². The van der Waals surface area contributed by atoms with Crippen LogP contribution in [0.4, 0.5) is 0 Å². The Kier molecular flexibility index (Phi) is 5.45. The van der Waals surface area contributed by atoms with Crippen LogP contribution >= 0.6 is 0 Å². The Morgan fingerprint density at radius 3 is 0.921 bits per heavy atom. The highest BCUT2D eigenvalue weighted by atomic mass is 15.5. The fraction of sp³-hybridized carbons (Fsp3) is 0.250. The molecule has 4 aromatic carbocycles. The fourth-order valence-corrected chi connectivity index (χ4v) is 5.17. The molecule has 0 aliphatic heterocycles. The van der Waals surface area contributed by atoms with Gasteiger partial charge in [0.05, 0.1) is 11.4 Å². The lowest BCUT2D eigenvalue weighted by Crippen LogP contribution is -2.04. The van der Waals surface area contributed by atoms with E-state index in [-0.39, 0.29) is 0 Å². The van der Waals surface area contributed by atoms with Gasteiger partial charge >= 0.3 is 0 Å². The number of rotatable bonds is 3. The number of aromatic nitrogens is 6. The number of fused-ring (bicyclic) bond motifs is 2. The van der Waals surface area contributed by atoms with Gasteiger partial charge < -0.3 is 0 Å². The van der Waals surface area contributed by atoms with Gasteiger partial charge in [0.15, 0.2) is 0 Å². The molecule has 0 atom stereocenters. The van der Waals surface area contributed by atoms with Crippen LogP contribution in [-0.4, -0.2) is 30.0 Å². The molecule has 0 N–H and O–H groups in total. The molecule has 0 fully saturated rings. The summed E-state index contributed by atoms with van der Waals surface area (Å²) < 4.78 is 0. The van der Waals surface area contributed by atoms with Crippen LogP contribution in [-0.2, 0) is 0 Å². The molecular weight excluding hydrogens is 468 g/mol. The molecule has 0 bridgehead atoms. The highest BCUT2D eigenvalue weighted by Gasteiger charge is 2.16. The summed E-state index contributed by atoms with van der Waals surface area (Å²) in [6.45, 7) is 17.0. The lowest BCUT2D eigenvalue weighted by atomic mass is 9.92. The summed E-state index contributed by atoms with van der Waals surface area (Å²) in [5, 5.41) is 19.1. The van der Waals surface area contributed by atoms with E-state index in [1.54, 1.807) is 9.59 Å². The van der Waals surface area contributed by atoms with Crippen molar-refractivity contribution in [2.24, 2.45) is 0 Å². The van der Waals surface area contributed by atoms with Crippen molar-refractivity contribution in [2.75, 3.05) is 0 Å². The second-order valence-corrected chi connectivity index (χ2v) is 10.7. The second kappa shape index (κ2) is 8.62. The summed E-state index contributed by atoms with van der Waals surface area (Å²) in [5.74, 6) is 0. The van der Waals surface area contributed by atoms with Gasteiger partial charge in [-0.2, -0.15) is 9.59 Å². The SMILES string of the molecule is Cc1cc2nn(-c3cc(C)c(-c4cc(C)c(-n5nc6cc(C)c(C)cc6n5)cc4C)cc3C)nc2cc1C. The van der Waals surface area contributed by atoms with Gasteiger partial charge in [0.1, 0.15) is 22.1 Å². The molecule has 6 aromatic rings. The fourth-order valence-electron chi connectivity index (χ4n) is 5.17. The largest absolute Gasteiger partial charge is 0.150 e. The minimum atomic E-state index is 0.918. The van der Waals surface area contributed by atoms with E-state index in [4.69, 9.17) is 20.4 Å². The Bertz CT molecular complexity index is 1690. The molecular formula is C32H32N6. The van der Waals surface area contributed by atoms with Gasteiger partial charge in [-0.25, -0.2) is 0 Å². The molecule has 0 unspecified atom stereocenters. The average Bonchev–Trinajstić information content (AvgIpc) is 3.45. The van der Waals surface area contributed by atoms with Crippen molar-refractivity contribution in [1.82, 2.24) is 30.0 Å². The molecule has 0 spiro atoms. The molecule has 38 heavy (non-hydrogen) atoms. The lowest BCUT2D eigenvalue weighted by Gasteiger charge is -2.16. The first-order valence-electron chi connectivity index (χ1n) is 13.0. The molecule has 0 radical (unpaired) electrons. The van der Waals surface area contributed by atoms with E-state index in [1.165, 1.54) is 44.5 Å². The molecule has 0 aliphatic rings. The highest BCUT2D eigenvalue weighted by molar-refractivity contribution is 5.78. The summed E-state index contributed by atoms with van der Waals surface area (Å²) >= 11 is 0. The van der Waals surface area contributed by atoms with Crippen LogP contribution in [0.3, 0.4) is 0 Å². The average molecular weight is 501 g/mol. The summed E-state index contributed by atoms with van der Waals surface area (Å²) in [7, 11) is 0. The van der Waals surface area contributed by atoms with Crippen LogP contribution in [0.5, 0.6) is 0 Å². The topological polar surface area (TPSA) is 61.4 Å². The molecule has 6 rings (SSSR count). The van der Waals surface area contributed by atoms with Crippen molar-refractivity contribution in [3.8, 4) is 22.5 Å². The number of aryl methyl sites for hydroxylation is 8. The van der Waals surface area contributed by atoms with Crippen molar-refractivity contribution in [1.29, 1.82) is 0 Å². The molecule has 6 heteroatoms. The Morgan fingerprint density at radius 1 is 0.342 bits per heavy atom. The van der Waals surface area contributed by atoms with Gasteiger partial charge in [0, 0.05) is 0 Å². The Morgan fingerprint density at radius 2 is 0.632 bits per heavy atom. The van der Waals surface area contributed by atoms with Crippen LogP contribution in [0.15, 0.2) is 48.5 Å². The first-order valence-corrected chi connectivity index (χ1v) is 13.0. The molecule has 0 aliphatic carbocycles. The third-order valence-electron chi connectivity index (χ3n) is 7.80. The summed E-state index contributed by atoms with van der Waals surface area (Å²) in [4.78, 5) is 3.54. The van der Waals surface area contributed by atoms with Crippen molar-refractivity contribution < 1.29 is 0 Å². The van der Waals surface area contributed by atoms with Gasteiger partial charge in [0.2, 0.25) is 0 Å². The van der Waals surface area contributed by atoms with Gasteiger partial charge in [-0.05, 0) is 160 Å². The van der Waals surface area contributed by atoms with Crippen LogP contribution in [0.2, 0.25) is 0 Å². The third-order valence-corrected chi connectivity index (χ3v) is 7.80. The van der Waals surface area contributed by atoms with E-state index < -0.39 is 0 Å². The smallest absolute Gasteiger partial charge is 0.113 e. The minimum absolute atomic E-state index is 0.918. The first-order chi connectivity index (χ1) is 18.1. The molecule has 2 heterocycles. The number of benzene rings is 4. The van der Waals surface area contributed by atoms with E-state index in [9.17, 15) is 0 Å². The molecule has 0 amide bonds. The number of hydrogen-bond acceptors (Lipinski definition) is 4. The third kappa shape index (κ3) is 3.88. The normalized spacial score (nSPS) is 11.7. The molecule has 0 saturated heterocycles. The Balaban J connectivity index is 1.41. The quantitative estimate of drug-likeness (QED) is 0.256. The predicted molar refractivity (Wildman–Crippen MR) is 155 cm³/mol. The standard InChI is InChI=1S/C32H32N6/c1-17-11-27-28(12-18(17)2)34-37(33-27)31-15-21(5)25(9-23(31)7)26-10-24(8)32(16-22(26)6)38-35-29-13-19(3)20(4)14-30(29)36-38/h9-16H,1-8H3. The zero-order valence-corrected chi connectivity index (χ0v) is 23.3. The van der Waals surface area contributed by atoms with E-state index in [0.717, 1.165) is 44.6 Å². The van der Waals surface area contributed by atoms with Crippen LogP contribution in [0.25, 0.3) is 44.6 Å². The lowest BCUT2D eigenvalue weighted by molar-refractivity contribution is 0.759. The van der Waals surface area contributed by atoms with Crippen molar-refractivity contribution >= 4 is 22.1 Å². The maximum atomic E-state index is 4.78. The van der Waals surface area contributed by atoms with E-state index in [2.05, 4.69) is 104 Å². The maximum Gasteiger partial charge on any atom is 0.113 e. The first kappa shape index (κ1) is 24.0. The second-order valence-electron chi connectivity index (χ2n) is 10.7. The molecule has 6 nitrogen and oxygen atoms in total. The molecule has 2 aromatic heterocycles. The van der Waals surface area contributed by atoms with E-state index in [1.807, 2.05) is 0 Å². The Labute approximate surface area is 222 Å². The molecule has 190 valence electrons. The van der Waals surface area contributed by atoms with E-state index >= 15 is 0 Å². The van der Waals surface area contributed by atoms with Crippen molar-refractivity contribution in [2.45, 2.75) is 55.4 Å². The summed E-state index contributed by atoms with van der Waals surface area (Å²) in [6.07, 6.45) is 0. The van der Waals surface area contributed by atoms with Crippen molar-refractivity contribution in [3.05, 3.63) is 93.0 Å².